The summed E-state index contributed by atoms with van der Waals surface area (Å²) in [5.41, 5.74) is 0.981. The van der Waals surface area contributed by atoms with Crippen molar-refractivity contribution < 1.29 is 4.74 Å². The monoisotopic (exact) mass is 200 g/mol. The molecule has 1 rings (SSSR count). The molecular formula is C12H12N2O. The fourth-order valence-electron chi connectivity index (χ4n) is 1.38. The first-order valence-corrected chi connectivity index (χ1v) is 4.75. The summed E-state index contributed by atoms with van der Waals surface area (Å²) in [6.07, 6.45) is 0.451. The summed E-state index contributed by atoms with van der Waals surface area (Å²) >= 11 is 0. The van der Waals surface area contributed by atoms with Crippen molar-refractivity contribution in [1.82, 2.24) is 0 Å². The number of nitrogens with zero attached hydrogens (tertiary/aromatic N) is 2. The summed E-state index contributed by atoms with van der Waals surface area (Å²) in [5.74, 6) is 0.826. The molecule has 0 radical (unpaired) electrons. The maximum Gasteiger partial charge on any atom is 0.174 e. The molecule has 0 fully saturated rings. The lowest BCUT2D eigenvalue weighted by Crippen LogP contribution is -2.00. The summed E-state index contributed by atoms with van der Waals surface area (Å²) in [4.78, 5) is 0. The molecule has 1 atom stereocenters. The Balaban J connectivity index is 2.87. The minimum atomic E-state index is 0.0380. The molecule has 0 spiro atoms. The Bertz CT molecular complexity index is 401. The van der Waals surface area contributed by atoms with E-state index in [2.05, 4.69) is 6.07 Å². The molecule has 1 unspecified atom stereocenters. The largest absolute Gasteiger partial charge is 0.478 e. The number of hydrogen-bond acceptors (Lipinski definition) is 3. The summed E-state index contributed by atoms with van der Waals surface area (Å²) < 4.78 is 5.28. The highest BCUT2D eigenvalue weighted by Gasteiger charge is 2.10. The van der Waals surface area contributed by atoms with Gasteiger partial charge in [-0.3, -0.25) is 0 Å². The Morgan fingerprint density at radius 3 is 2.67 bits per heavy atom. The lowest BCUT2D eigenvalue weighted by molar-refractivity contribution is 0.362. The molecule has 0 aromatic heterocycles. The number of benzene rings is 1. The fraction of sp³-hybridized carbons (Fsp3) is 0.333. The first kappa shape index (κ1) is 11.1. The Labute approximate surface area is 89.5 Å². The van der Waals surface area contributed by atoms with Gasteiger partial charge in [-0.2, -0.15) is 10.5 Å². The molecule has 0 heterocycles. The highest BCUT2D eigenvalue weighted by atomic mass is 16.5. The predicted molar refractivity (Wildman–Crippen MR) is 56.2 cm³/mol. The molecule has 0 bridgehead atoms. The van der Waals surface area contributed by atoms with Crippen LogP contribution < -0.4 is 4.74 Å². The molecule has 1 aromatic carbocycles. The van der Waals surface area contributed by atoms with E-state index in [-0.39, 0.29) is 12.5 Å². The highest BCUT2D eigenvalue weighted by Crippen LogP contribution is 2.28. The van der Waals surface area contributed by atoms with Crippen molar-refractivity contribution in [3.63, 3.8) is 0 Å². The molecule has 0 saturated heterocycles. The lowest BCUT2D eigenvalue weighted by Gasteiger charge is -2.12. The zero-order valence-electron chi connectivity index (χ0n) is 8.60. The average molecular weight is 200 g/mol. The van der Waals surface area contributed by atoms with Crippen LogP contribution in [-0.4, -0.2) is 6.61 Å². The smallest absolute Gasteiger partial charge is 0.174 e. The van der Waals surface area contributed by atoms with E-state index in [0.717, 1.165) is 5.56 Å². The minimum Gasteiger partial charge on any atom is -0.478 e. The summed E-state index contributed by atoms with van der Waals surface area (Å²) in [7, 11) is 0. The zero-order chi connectivity index (χ0) is 11.1. The van der Waals surface area contributed by atoms with Crippen molar-refractivity contribution in [1.29, 1.82) is 10.5 Å². The van der Waals surface area contributed by atoms with Gasteiger partial charge in [0.1, 0.15) is 11.8 Å². The molecule has 1 aromatic rings. The molecule has 15 heavy (non-hydrogen) atoms. The molecular weight excluding hydrogens is 188 g/mol. The maximum absolute atomic E-state index is 8.62. The van der Waals surface area contributed by atoms with Gasteiger partial charge in [-0.25, -0.2) is 0 Å². The fourth-order valence-corrected chi connectivity index (χ4v) is 1.38. The van der Waals surface area contributed by atoms with Crippen LogP contribution in [0.1, 0.15) is 24.8 Å². The van der Waals surface area contributed by atoms with Crippen molar-refractivity contribution in [2.45, 2.75) is 19.3 Å². The highest BCUT2D eigenvalue weighted by molar-refractivity contribution is 5.36. The van der Waals surface area contributed by atoms with Crippen LogP contribution >= 0.6 is 0 Å². The van der Waals surface area contributed by atoms with E-state index in [1.165, 1.54) is 0 Å². The summed E-state index contributed by atoms with van der Waals surface area (Å²) in [6.45, 7) is 2.01. The quantitative estimate of drug-likeness (QED) is 0.750. The van der Waals surface area contributed by atoms with E-state index in [0.29, 0.717) is 12.2 Å². The molecule has 0 saturated carbocycles. The summed E-state index contributed by atoms with van der Waals surface area (Å²) in [5, 5.41) is 17.1. The van der Waals surface area contributed by atoms with Gasteiger partial charge in [0.15, 0.2) is 6.61 Å². The number of para-hydroxylation sites is 1. The van der Waals surface area contributed by atoms with Gasteiger partial charge in [0.25, 0.3) is 0 Å². The van der Waals surface area contributed by atoms with Crippen LogP contribution in [0.3, 0.4) is 0 Å². The van der Waals surface area contributed by atoms with Crippen molar-refractivity contribution in [2.24, 2.45) is 0 Å². The van der Waals surface area contributed by atoms with Crippen LogP contribution in [0.2, 0.25) is 0 Å². The van der Waals surface area contributed by atoms with Crippen molar-refractivity contribution in [3.05, 3.63) is 29.8 Å². The zero-order valence-corrected chi connectivity index (χ0v) is 8.60. The van der Waals surface area contributed by atoms with E-state index >= 15 is 0 Å². The Hall–Kier alpha value is -2.00. The average Bonchev–Trinajstić information content (AvgIpc) is 2.27. The third-order valence-electron chi connectivity index (χ3n) is 2.14. The van der Waals surface area contributed by atoms with Crippen LogP contribution in [0.5, 0.6) is 5.75 Å². The Morgan fingerprint density at radius 2 is 2.00 bits per heavy atom. The molecule has 76 valence electrons. The standard InChI is InChI=1S/C12H12N2O/c1-10(6-7-13)11-4-2-3-5-12(11)15-9-8-14/h2-5,10H,6,9H2,1H3. The van der Waals surface area contributed by atoms with Crippen LogP contribution in [0.4, 0.5) is 0 Å². The van der Waals surface area contributed by atoms with Gasteiger partial charge in [-0.1, -0.05) is 25.1 Å². The topological polar surface area (TPSA) is 56.8 Å². The van der Waals surface area contributed by atoms with E-state index < -0.39 is 0 Å². The van der Waals surface area contributed by atoms with E-state index in [9.17, 15) is 0 Å². The van der Waals surface area contributed by atoms with Crippen LogP contribution in [0.15, 0.2) is 24.3 Å². The lowest BCUT2D eigenvalue weighted by atomic mass is 9.97. The minimum absolute atomic E-state index is 0.0380. The Kier molecular flexibility index (Phi) is 4.19. The van der Waals surface area contributed by atoms with E-state index in [4.69, 9.17) is 15.3 Å². The number of nitriles is 2. The first-order chi connectivity index (χ1) is 7.29. The Morgan fingerprint density at radius 1 is 1.27 bits per heavy atom. The van der Waals surface area contributed by atoms with Gasteiger partial charge >= 0.3 is 0 Å². The molecule has 0 N–H and O–H groups in total. The molecule has 0 amide bonds. The van der Waals surface area contributed by atoms with Gasteiger partial charge in [0.05, 0.1) is 6.07 Å². The van der Waals surface area contributed by atoms with Crippen molar-refractivity contribution >= 4 is 0 Å². The van der Waals surface area contributed by atoms with Gasteiger partial charge in [-0.05, 0) is 17.5 Å². The molecule has 3 heteroatoms. The maximum atomic E-state index is 8.62. The molecule has 0 aliphatic rings. The SMILES string of the molecule is CC(CC#N)c1ccccc1OCC#N. The van der Waals surface area contributed by atoms with Gasteiger partial charge in [0.2, 0.25) is 0 Å². The third-order valence-corrected chi connectivity index (χ3v) is 2.14. The van der Waals surface area contributed by atoms with E-state index in [1.807, 2.05) is 37.3 Å². The molecule has 0 aliphatic heterocycles. The second kappa shape index (κ2) is 5.67. The second-order valence-corrected chi connectivity index (χ2v) is 3.25. The van der Waals surface area contributed by atoms with Gasteiger partial charge in [-0.15, -0.1) is 0 Å². The van der Waals surface area contributed by atoms with Crippen LogP contribution in [0.25, 0.3) is 0 Å². The van der Waals surface area contributed by atoms with Crippen molar-refractivity contribution in [2.75, 3.05) is 6.61 Å². The predicted octanol–water partition coefficient (Wildman–Crippen LogP) is 2.61. The van der Waals surface area contributed by atoms with E-state index in [1.54, 1.807) is 0 Å². The van der Waals surface area contributed by atoms with Crippen LogP contribution in [0, 0.1) is 22.7 Å². The first-order valence-electron chi connectivity index (χ1n) is 4.75. The molecule has 3 nitrogen and oxygen atoms in total. The van der Waals surface area contributed by atoms with Crippen LogP contribution in [-0.2, 0) is 0 Å². The summed E-state index contributed by atoms with van der Waals surface area (Å²) in [6, 6.07) is 11.6. The third kappa shape index (κ3) is 3.00. The van der Waals surface area contributed by atoms with Crippen molar-refractivity contribution in [3.8, 4) is 17.9 Å². The molecule has 0 aliphatic carbocycles. The van der Waals surface area contributed by atoms with Gasteiger partial charge < -0.3 is 4.74 Å². The number of rotatable bonds is 4. The second-order valence-electron chi connectivity index (χ2n) is 3.25. The number of hydrogen-bond donors (Lipinski definition) is 0. The number of ether oxygens (including phenoxy) is 1. The van der Waals surface area contributed by atoms with Gasteiger partial charge in [0, 0.05) is 6.42 Å². The normalized spacial score (nSPS) is 11.1.